The smallest absolute Gasteiger partial charge is 0.339 e. The molecule has 6 nitrogen and oxygen atoms in total. The van der Waals surface area contributed by atoms with Crippen molar-refractivity contribution < 1.29 is 29.6 Å². The minimum absolute atomic E-state index is 0.0175. The lowest BCUT2D eigenvalue weighted by molar-refractivity contribution is -0.145. The molecular weight excluding hydrogens is 276 g/mol. The highest BCUT2D eigenvalue weighted by Gasteiger charge is 2.42. The summed E-state index contributed by atoms with van der Waals surface area (Å²) in [7, 11) is 1.30. The first kappa shape index (κ1) is 15.2. The summed E-state index contributed by atoms with van der Waals surface area (Å²) < 4.78 is 4.99. The fourth-order valence-electron chi connectivity index (χ4n) is 2.98. The molecule has 114 valence electrons. The van der Waals surface area contributed by atoms with Crippen molar-refractivity contribution in [2.45, 2.75) is 37.5 Å². The van der Waals surface area contributed by atoms with Crippen molar-refractivity contribution in [1.82, 2.24) is 0 Å². The number of phenols is 1. The first-order valence-corrected chi connectivity index (χ1v) is 6.80. The number of carboxylic acids is 2. The third kappa shape index (κ3) is 2.53. The molecule has 0 heterocycles. The molecule has 0 saturated heterocycles. The highest BCUT2D eigenvalue weighted by Crippen LogP contribution is 2.43. The standard InChI is InChI=1S/C15H18O6/c1-21-11-8-9(7-10(12(11)16)13(17)18)15(14(19)20)5-3-2-4-6-15/h7-8,16H,2-6H2,1H3,(H,17,18)(H,19,20). The van der Waals surface area contributed by atoms with Crippen molar-refractivity contribution in [3.05, 3.63) is 23.3 Å². The summed E-state index contributed by atoms with van der Waals surface area (Å²) in [4.78, 5) is 23.0. The van der Waals surface area contributed by atoms with Crippen LogP contribution < -0.4 is 4.74 Å². The molecule has 1 saturated carbocycles. The lowest BCUT2D eigenvalue weighted by Crippen LogP contribution is -2.38. The number of carbonyl (C=O) groups is 2. The number of ether oxygens (including phenoxy) is 1. The number of aromatic hydroxyl groups is 1. The number of hydrogen-bond donors (Lipinski definition) is 3. The van der Waals surface area contributed by atoms with Crippen LogP contribution in [0.15, 0.2) is 12.1 Å². The number of aromatic carboxylic acids is 1. The van der Waals surface area contributed by atoms with E-state index in [2.05, 4.69) is 0 Å². The summed E-state index contributed by atoms with van der Waals surface area (Å²) in [5, 5.41) is 28.7. The molecule has 1 aromatic rings. The summed E-state index contributed by atoms with van der Waals surface area (Å²) in [5.41, 5.74) is -1.07. The quantitative estimate of drug-likeness (QED) is 0.787. The highest BCUT2D eigenvalue weighted by molar-refractivity contribution is 5.93. The maximum Gasteiger partial charge on any atom is 0.339 e. The van der Waals surface area contributed by atoms with Gasteiger partial charge in [0.25, 0.3) is 0 Å². The Morgan fingerprint density at radius 2 is 1.76 bits per heavy atom. The normalized spacial score (nSPS) is 17.2. The van der Waals surface area contributed by atoms with Crippen LogP contribution in [0.3, 0.4) is 0 Å². The van der Waals surface area contributed by atoms with E-state index in [9.17, 15) is 19.8 Å². The SMILES string of the molecule is COc1cc(C2(C(=O)O)CCCCC2)cc(C(=O)O)c1O. The van der Waals surface area contributed by atoms with Gasteiger partial charge in [-0.15, -0.1) is 0 Å². The third-order valence-corrected chi connectivity index (χ3v) is 4.19. The van der Waals surface area contributed by atoms with Crippen LogP contribution in [-0.2, 0) is 10.2 Å². The van der Waals surface area contributed by atoms with Crippen LogP contribution in [0.5, 0.6) is 11.5 Å². The lowest BCUT2D eigenvalue weighted by Gasteiger charge is -2.34. The Morgan fingerprint density at radius 1 is 1.14 bits per heavy atom. The zero-order chi connectivity index (χ0) is 15.6. The second-order valence-electron chi connectivity index (χ2n) is 5.33. The van der Waals surface area contributed by atoms with Crippen molar-refractivity contribution in [2.24, 2.45) is 0 Å². The van der Waals surface area contributed by atoms with E-state index >= 15 is 0 Å². The first-order valence-electron chi connectivity index (χ1n) is 6.80. The topological polar surface area (TPSA) is 104 Å². The summed E-state index contributed by atoms with van der Waals surface area (Å²) in [6, 6.07) is 2.68. The zero-order valence-electron chi connectivity index (χ0n) is 11.8. The van der Waals surface area contributed by atoms with E-state index < -0.39 is 23.1 Å². The second kappa shape index (κ2) is 5.63. The third-order valence-electron chi connectivity index (χ3n) is 4.19. The largest absolute Gasteiger partial charge is 0.504 e. The van der Waals surface area contributed by atoms with Gasteiger partial charge in [0.15, 0.2) is 11.5 Å². The molecule has 1 aromatic carbocycles. The minimum atomic E-state index is -1.32. The first-order chi connectivity index (χ1) is 9.92. The summed E-state index contributed by atoms with van der Waals surface area (Å²) in [5.74, 6) is -2.78. The molecule has 2 rings (SSSR count). The van der Waals surface area contributed by atoms with Gasteiger partial charge >= 0.3 is 11.9 Å². The second-order valence-corrected chi connectivity index (χ2v) is 5.33. The van der Waals surface area contributed by atoms with Crippen molar-refractivity contribution in [3.63, 3.8) is 0 Å². The van der Waals surface area contributed by atoms with E-state index in [-0.39, 0.29) is 11.3 Å². The van der Waals surface area contributed by atoms with Crippen LogP contribution in [0.1, 0.15) is 48.0 Å². The number of benzene rings is 1. The predicted molar refractivity (Wildman–Crippen MR) is 74.0 cm³/mol. The summed E-state index contributed by atoms with van der Waals surface area (Å²) in [6.45, 7) is 0. The van der Waals surface area contributed by atoms with Crippen molar-refractivity contribution >= 4 is 11.9 Å². The van der Waals surface area contributed by atoms with Crippen LogP contribution in [0.25, 0.3) is 0 Å². The molecule has 0 aromatic heterocycles. The molecular formula is C15H18O6. The minimum Gasteiger partial charge on any atom is -0.504 e. The fraction of sp³-hybridized carbons (Fsp3) is 0.467. The molecule has 0 aliphatic heterocycles. The predicted octanol–water partition coefficient (Wildman–Crippen LogP) is 2.39. The van der Waals surface area contributed by atoms with Gasteiger partial charge in [0.1, 0.15) is 5.56 Å². The van der Waals surface area contributed by atoms with Crippen molar-refractivity contribution in [1.29, 1.82) is 0 Å². The number of methoxy groups -OCH3 is 1. The number of hydrogen-bond acceptors (Lipinski definition) is 4. The van der Waals surface area contributed by atoms with Gasteiger partial charge in [-0.25, -0.2) is 4.79 Å². The van der Waals surface area contributed by atoms with Gasteiger partial charge in [-0.2, -0.15) is 0 Å². The van der Waals surface area contributed by atoms with E-state index in [1.807, 2.05) is 0 Å². The van der Waals surface area contributed by atoms with Gasteiger partial charge in [-0.05, 0) is 30.5 Å². The van der Waals surface area contributed by atoms with Gasteiger partial charge in [0.2, 0.25) is 0 Å². The average molecular weight is 294 g/mol. The van der Waals surface area contributed by atoms with Crippen LogP contribution >= 0.6 is 0 Å². The molecule has 1 aliphatic carbocycles. The molecule has 0 bridgehead atoms. The zero-order valence-corrected chi connectivity index (χ0v) is 11.8. The number of carboxylic acid groups (broad SMARTS) is 2. The molecule has 0 atom stereocenters. The highest BCUT2D eigenvalue weighted by atomic mass is 16.5. The Balaban J connectivity index is 2.63. The Kier molecular flexibility index (Phi) is 4.06. The summed E-state index contributed by atoms with van der Waals surface area (Å²) in [6.07, 6.45) is 3.43. The van der Waals surface area contributed by atoms with E-state index in [0.29, 0.717) is 18.4 Å². The monoisotopic (exact) mass is 294 g/mol. The molecule has 0 spiro atoms. The maximum absolute atomic E-state index is 11.8. The Labute approximate surface area is 122 Å². The Bertz CT molecular complexity index is 572. The molecule has 0 unspecified atom stereocenters. The van der Waals surface area contributed by atoms with Crippen molar-refractivity contribution in [3.8, 4) is 11.5 Å². The van der Waals surface area contributed by atoms with E-state index in [4.69, 9.17) is 9.84 Å². The van der Waals surface area contributed by atoms with Crippen LogP contribution in [-0.4, -0.2) is 34.4 Å². The molecule has 0 radical (unpaired) electrons. The fourth-order valence-corrected chi connectivity index (χ4v) is 2.98. The maximum atomic E-state index is 11.8. The van der Waals surface area contributed by atoms with Gasteiger partial charge in [0.05, 0.1) is 12.5 Å². The Morgan fingerprint density at radius 3 is 2.24 bits per heavy atom. The summed E-state index contributed by atoms with van der Waals surface area (Å²) >= 11 is 0. The van der Waals surface area contributed by atoms with E-state index in [0.717, 1.165) is 19.3 Å². The van der Waals surface area contributed by atoms with Gasteiger partial charge in [0, 0.05) is 0 Å². The molecule has 1 aliphatic rings. The molecule has 0 amide bonds. The Hall–Kier alpha value is -2.24. The van der Waals surface area contributed by atoms with Crippen molar-refractivity contribution in [2.75, 3.05) is 7.11 Å². The van der Waals surface area contributed by atoms with Gasteiger partial charge in [-0.3, -0.25) is 4.79 Å². The van der Waals surface area contributed by atoms with E-state index in [1.54, 1.807) is 0 Å². The van der Waals surface area contributed by atoms with Gasteiger partial charge in [-0.1, -0.05) is 19.3 Å². The average Bonchev–Trinajstić information content (AvgIpc) is 2.47. The molecule has 6 heteroatoms. The van der Waals surface area contributed by atoms with E-state index in [1.165, 1.54) is 19.2 Å². The van der Waals surface area contributed by atoms with Crippen LogP contribution in [0.2, 0.25) is 0 Å². The molecule has 21 heavy (non-hydrogen) atoms. The molecule has 3 N–H and O–H groups in total. The number of rotatable bonds is 4. The van der Waals surface area contributed by atoms with Crippen LogP contribution in [0, 0.1) is 0 Å². The van der Waals surface area contributed by atoms with Crippen LogP contribution in [0.4, 0.5) is 0 Å². The number of aliphatic carboxylic acids is 1. The van der Waals surface area contributed by atoms with Gasteiger partial charge < -0.3 is 20.1 Å². The lowest BCUT2D eigenvalue weighted by atomic mass is 9.69. The molecule has 1 fully saturated rings.